The van der Waals surface area contributed by atoms with Crippen molar-refractivity contribution in [3.05, 3.63) is 40.8 Å². The van der Waals surface area contributed by atoms with Crippen LogP contribution in [0.4, 0.5) is 0 Å². The van der Waals surface area contributed by atoms with Gasteiger partial charge in [0.2, 0.25) is 10.0 Å². The average molecular weight is 353 g/mol. The molecule has 1 saturated heterocycles. The van der Waals surface area contributed by atoms with Gasteiger partial charge in [-0.25, -0.2) is 13.1 Å². The van der Waals surface area contributed by atoms with Crippen molar-refractivity contribution in [1.29, 1.82) is 0 Å². The van der Waals surface area contributed by atoms with Gasteiger partial charge in [-0.1, -0.05) is 29.8 Å². The van der Waals surface area contributed by atoms with Crippen LogP contribution in [0.25, 0.3) is 6.08 Å². The summed E-state index contributed by atoms with van der Waals surface area (Å²) in [7, 11) is -3.39. The van der Waals surface area contributed by atoms with Gasteiger partial charge in [0, 0.05) is 25.0 Å². The fourth-order valence-electron chi connectivity index (χ4n) is 2.88. The lowest BCUT2D eigenvalue weighted by Crippen LogP contribution is -2.46. The molecule has 1 N–H and O–H groups in total. The zero-order valence-corrected chi connectivity index (χ0v) is 15.6. The highest BCUT2D eigenvalue weighted by Crippen LogP contribution is 2.10. The molecular weight excluding hydrogens is 324 g/mol. The molecule has 0 aliphatic carbocycles. The monoisotopic (exact) mass is 352 g/mol. The van der Waals surface area contributed by atoms with Gasteiger partial charge in [0.1, 0.15) is 0 Å². The highest BCUT2D eigenvalue weighted by molar-refractivity contribution is 7.92. The van der Waals surface area contributed by atoms with Crippen molar-refractivity contribution in [3.8, 4) is 0 Å². The van der Waals surface area contributed by atoms with E-state index >= 15 is 0 Å². The molecule has 6 heteroatoms. The van der Waals surface area contributed by atoms with E-state index in [2.05, 4.69) is 23.5 Å². The van der Waals surface area contributed by atoms with Crippen molar-refractivity contribution < 1.29 is 13.2 Å². The molecular formula is C18H28N2O3S. The largest absolute Gasteiger partial charge is 0.373 e. The Morgan fingerprint density at radius 3 is 2.46 bits per heavy atom. The van der Waals surface area contributed by atoms with E-state index in [1.807, 2.05) is 31.2 Å². The molecule has 1 heterocycles. The van der Waals surface area contributed by atoms with E-state index in [1.165, 1.54) is 5.41 Å². The van der Waals surface area contributed by atoms with Crippen molar-refractivity contribution >= 4 is 16.1 Å². The maximum absolute atomic E-state index is 12.0. The maximum atomic E-state index is 12.0. The normalized spacial score (nSPS) is 23.0. The molecule has 1 aliphatic heterocycles. The number of hydrogen-bond acceptors (Lipinski definition) is 4. The van der Waals surface area contributed by atoms with Crippen molar-refractivity contribution in [2.75, 3.05) is 26.2 Å². The number of hydrogen-bond donors (Lipinski definition) is 1. The molecule has 24 heavy (non-hydrogen) atoms. The topological polar surface area (TPSA) is 58.6 Å². The molecule has 0 spiro atoms. The van der Waals surface area contributed by atoms with Crippen LogP contribution in [0.3, 0.4) is 0 Å². The number of aryl methyl sites for hydroxylation is 1. The van der Waals surface area contributed by atoms with Gasteiger partial charge in [0.25, 0.3) is 0 Å². The standard InChI is InChI=1S/C18H28N2O3S/c1-15-5-7-18(8-6-15)9-12-24(21,22)19-10-4-11-20-13-16(2)23-17(3)14-20/h5-9,12,16-17,19H,4,10-11,13-14H2,1-3H3. The van der Waals surface area contributed by atoms with Gasteiger partial charge < -0.3 is 4.74 Å². The summed E-state index contributed by atoms with van der Waals surface area (Å²) in [6.07, 6.45) is 2.88. The van der Waals surface area contributed by atoms with Crippen LogP contribution in [0.15, 0.2) is 29.7 Å². The Morgan fingerprint density at radius 2 is 1.83 bits per heavy atom. The van der Waals surface area contributed by atoms with Gasteiger partial charge in [-0.05, 0) is 45.4 Å². The quantitative estimate of drug-likeness (QED) is 0.766. The Labute approximate surface area is 145 Å². The first-order valence-electron chi connectivity index (χ1n) is 8.46. The summed E-state index contributed by atoms with van der Waals surface area (Å²) in [5, 5.41) is 1.23. The number of nitrogens with zero attached hydrogens (tertiary/aromatic N) is 1. The molecule has 5 nitrogen and oxygen atoms in total. The third kappa shape index (κ3) is 6.73. The Morgan fingerprint density at radius 1 is 1.21 bits per heavy atom. The van der Waals surface area contributed by atoms with E-state index in [4.69, 9.17) is 4.74 Å². The number of ether oxygens (including phenoxy) is 1. The fraction of sp³-hybridized carbons (Fsp3) is 0.556. The fourth-order valence-corrected chi connectivity index (χ4v) is 3.74. The summed E-state index contributed by atoms with van der Waals surface area (Å²) >= 11 is 0. The SMILES string of the molecule is Cc1ccc(C=CS(=O)(=O)NCCCN2CC(C)OC(C)C2)cc1. The van der Waals surface area contributed by atoms with Gasteiger partial charge in [-0.2, -0.15) is 0 Å². The summed E-state index contributed by atoms with van der Waals surface area (Å²) in [5.74, 6) is 0. The smallest absolute Gasteiger partial charge is 0.233 e. The molecule has 0 saturated carbocycles. The minimum absolute atomic E-state index is 0.239. The van der Waals surface area contributed by atoms with Gasteiger partial charge in [0.15, 0.2) is 0 Å². The van der Waals surface area contributed by atoms with Gasteiger partial charge >= 0.3 is 0 Å². The number of benzene rings is 1. The van der Waals surface area contributed by atoms with Crippen molar-refractivity contribution in [1.82, 2.24) is 9.62 Å². The number of sulfonamides is 1. The highest BCUT2D eigenvalue weighted by atomic mass is 32.2. The minimum Gasteiger partial charge on any atom is -0.373 e. The van der Waals surface area contributed by atoms with Crippen LogP contribution in [0.2, 0.25) is 0 Å². The van der Waals surface area contributed by atoms with Crippen LogP contribution in [-0.4, -0.2) is 51.7 Å². The Kier molecular flexibility index (Phi) is 6.98. The van der Waals surface area contributed by atoms with Crippen LogP contribution in [-0.2, 0) is 14.8 Å². The second kappa shape index (κ2) is 8.76. The maximum Gasteiger partial charge on any atom is 0.233 e. The van der Waals surface area contributed by atoms with E-state index < -0.39 is 10.0 Å². The molecule has 2 rings (SSSR count). The van der Waals surface area contributed by atoms with Gasteiger partial charge in [0.05, 0.1) is 12.2 Å². The van der Waals surface area contributed by atoms with E-state index in [-0.39, 0.29) is 12.2 Å². The van der Waals surface area contributed by atoms with Crippen LogP contribution in [0, 0.1) is 6.92 Å². The first kappa shape index (κ1) is 19.1. The predicted octanol–water partition coefficient (Wildman–Crippen LogP) is 2.38. The summed E-state index contributed by atoms with van der Waals surface area (Å²) < 4.78 is 32.3. The second-order valence-electron chi connectivity index (χ2n) is 6.52. The molecule has 0 radical (unpaired) electrons. The first-order valence-corrected chi connectivity index (χ1v) is 10.0. The van der Waals surface area contributed by atoms with Crippen molar-refractivity contribution in [2.45, 2.75) is 39.4 Å². The van der Waals surface area contributed by atoms with Crippen molar-refractivity contribution in [3.63, 3.8) is 0 Å². The molecule has 1 aliphatic rings. The van der Waals surface area contributed by atoms with E-state index in [0.29, 0.717) is 6.54 Å². The molecule has 0 aromatic heterocycles. The number of nitrogens with one attached hydrogen (secondary N) is 1. The second-order valence-corrected chi connectivity index (χ2v) is 8.17. The van der Waals surface area contributed by atoms with E-state index in [1.54, 1.807) is 6.08 Å². The van der Waals surface area contributed by atoms with Crippen LogP contribution < -0.4 is 4.72 Å². The molecule has 2 atom stereocenters. The molecule has 0 bridgehead atoms. The summed E-state index contributed by atoms with van der Waals surface area (Å²) in [5.41, 5.74) is 2.03. The van der Waals surface area contributed by atoms with Crippen LogP contribution in [0.1, 0.15) is 31.4 Å². The summed E-state index contributed by atoms with van der Waals surface area (Å²) in [4.78, 5) is 2.33. The molecule has 134 valence electrons. The van der Waals surface area contributed by atoms with Crippen LogP contribution >= 0.6 is 0 Å². The first-order chi connectivity index (χ1) is 11.3. The number of morpholine rings is 1. The molecule has 1 fully saturated rings. The third-order valence-electron chi connectivity index (χ3n) is 3.97. The lowest BCUT2D eigenvalue weighted by atomic mass is 10.2. The molecule has 1 aromatic carbocycles. The van der Waals surface area contributed by atoms with Gasteiger partial charge in [-0.3, -0.25) is 4.90 Å². The lowest BCUT2D eigenvalue weighted by Gasteiger charge is -2.35. The van der Waals surface area contributed by atoms with Gasteiger partial charge in [-0.15, -0.1) is 0 Å². The zero-order chi connectivity index (χ0) is 17.6. The predicted molar refractivity (Wildman–Crippen MR) is 98.2 cm³/mol. The van der Waals surface area contributed by atoms with Crippen LogP contribution in [0.5, 0.6) is 0 Å². The molecule has 0 amide bonds. The Bertz CT molecular complexity index is 631. The molecule has 2 unspecified atom stereocenters. The zero-order valence-electron chi connectivity index (χ0n) is 14.7. The molecule has 1 aromatic rings. The average Bonchev–Trinajstić information content (AvgIpc) is 2.50. The van der Waals surface area contributed by atoms with E-state index in [9.17, 15) is 8.42 Å². The summed E-state index contributed by atoms with van der Waals surface area (Å²) in [6, 6.07) is 7.73. The Hall–Kier alpha value is -1.21. The third-order valence-corrected chi connectivity index (χ3v) is 5.07. The Balaban J connectivity index is 1.73. The van der Waals surface area contributed by atoms with E-state index in [0.717, 1.165) is 37.2 Å². The summed E-state index contributed by atoms with van der Waals surface area (Å²) in [6.45, 7) is 9.28. The minimum atomic E-state index is -3.39. The number of rotatable bonds is 7. The lowest BCUT2D eigenvalue weighted by molar-refractivity contribution is -0.0679. The highest BCUT2D eigenvalue weighted by Gasteiger charge is 2.21. The van der Waals surface area contributed by atoms with Crippen molar-refractivity contribution in [2.24, 2.45) is 0 Å².